The molecular formula is C12H17NO2S. The highest BCUT2D eigenvalue weighted by Crippen LogP contribution is 2.18. The molecule has 0 saturated carbocycles. The van der Waals surface area contributed by atoms with Gasteiger partial charge in [0, 0.05) is 18.0 Å². The zero-order chi connectivity index (χ0) is 11.5. The number of carbonyl (C=O) groups excluding carboxylic acids is 1. The van der Waals surface area contributed by atoms with E-state index in [1.54, 1.807) is 11.3 Å². The summed E-state index contributed by atoms with van der Waals surface area (Å²) >= 11 is 1.62. The first kappa shape index (κ1) is 11.6. The molecule has 0 spiro atoms. The van der Waals surface area contributed by atoms with E-state index in [0.717, 1.165) is 4.88 Å². The van der Waals surface area contributed by atoms with Crippen LogP contribution in [0, 0.1) is 5.92 Å². The Bertz CT molecular complexity index is 350. The van der Waals surface area contributed by atoms with Gasteiger partial charge in [-0.15, -0.1) is 11.3 Å². The summed E-state index contributed by atoms with van der Waals surface area (Å²) in [5.74, 6) is 0.377. The quantitative estimate of drug-likeness (QED) is 0.850. The molecule has 16 heavy (non-hydrogen) atoms. The maximum absolute atomic E-state index is 12.0. The van der Waals surface area contributed by atoms with Gasteiger partial charge in [0.25, 0.3) is 0 Å². The lowest BCUT2D eigenvalue weighted by Gasteiger charge is -2.34. The molecule has 1 aromatic heterocycles. The fraction of sp³-hybridized carbons (Fsp3) is 0.583. The standard InChI is InChI=1S/C12H17NO2S/c1-9-8-13(5-4-11(9)14)12(15)7-10-3-2-6-16-10/h2-3,6,9,11,14H,4-5,7-8H2,1H3. The third kappa shape index (κ3) is 2.62. The van der Waals surface area contributed by atoms with Gasteiger partial charge in [-0.3, -0.25) is 4.79 Å². The van der Waals surface area contributed by atoms with Crippen molar-refractivity contribution in [3.8, 4) is 0 Å². The molecule has 0 aromatic carbocycles. The van der Waals surface area contributed by atoms with E-state index in [1.165, 1.54) is 0 Å². The lowest BCUT2D eigenvalue weighted by molar-refractivity contribution is -0.133. The van der Waals surface area contributed by atoms with Crippen molar-refractivity contribution >= 4 is 17.2 Å². The average molecular weight is 239 g/mol. The topological polar surface area (TPSA) is 40.5 Å². The van der Waals surface area contributed by atoms with Crippen LogP contribution in [0.2, 0.25) is 0 Å². The fourth-order valence-corrected chi connectivity index (χ4v) is 2.73. The number of hydrogen-bond acceptors (Lipinski definition) is 3. The smallest absolute Gasteiger partial charge is 0.227 e. The van der Waals surface area contributed by atoms with Gasteiger partial charge in [0.05, 0.1) is 12.5 Å². The predicted octanol–water partition coefficient (Wildman–Crippen LogP) is 1.52. The van der Waals surface area contributed by atoms with Gasteiger partial charge in [-0.25, -0.2) is 0 Å². The second kappa shape index (κ2) is 4.97. The molecule has 1 aromatic rings. The van der Waals surface area contributed by atoms with Gasteiger partial charge < -0.3 is 10.0 Å². The van der Waals surface area contributed by atoms with Crippen LogP contribution in [0.1, 0.15) is 18.2 Å². The summed E-state index contributed by atoms with van der Waals surface area (Å²) in [6.07, 6.45) is 0.962. The molecular weight excluding hydrogens is 222 g/mol. The number of amides is 1. The summed E-state index contributed by atoms with van der Waals surface area (Å²) in [6, 6.07) is 3.96. The molecule has 1 fully saturated rings. The fourth-order valence-electron chi connectivity index (χ4n) is 2.03. The number of aliphatic hydroxyl groups excluding tert-OH is 1. The van der Waals surface area contributed by atoms with E-state index in [0.29, 0.717) is 25.9 Å². The number of piperidine rings is 1. The van der Waals surface area contributed by atoms with Crippen molar-refractivity contribution in [1.82, 2.24) is 4.90 Å². The largest absolute Gasteiger partial charge is 0.393 e. The molecule has 0 bridgehead atoms. The molecule has 2 atom stereocenters. The first-order chi connectivity index (χ1) is 7.66. The number of aliphatic hydroxyl groups is 1. The summed E-state index contributed by atoms with van der Waals surface area (Å²) in [5, 5.41) is 11.6. The SMILES string of the molecule is CC1CN(C(=O)Cc2cccs2)CCC1O. The lowest BCUT2D eigenvalue weighted by atomic mass is 9.96. The minimum Gasteiger partial charge on any atom is -0.393 e. The van der Waals surface area contributed by atoms with Crippen LogP contribution in [0.15, 0.2) is 17.5 Å². The predicted molar refractivity (Wildman–Crippen MR) is 64.4 cm³/mol. The van der Waals surface area contributed by atoms with Gasteiger partial charge in [-0.2, -0.15) is 0 Å². The van der Waals surface area contributed by atoms with Crippen LogP contribution < -0.4 is 0 Å². The molecule has 2 rings (SSSR count). The van der Waals surface area contributed by atoms with Gasteiger partial charge >= 0.3 is 0 Å². The van der Waals surface area contributed by atoms with E-state index >= 15 is 0 Å². The Hall–Kier alpha value is -0.870. The minimum atomic E-state index is -0.245. The van der Waals surface area contributed by atoms with E-state index in [4.69, 9.17) is 0 Å². The Labute approximate surface area is 99.7 Å². The zero-order valence-corrected chi connectivity index (χ0v) is 10.2. The maximum Gasteiger partial charge on any atom is 0.227 e. The van der Waals surface area contributed by atoms with Crippen molar-refractivity contribution in [2.24, 2.45) is 5.92 Å². The van der Waals surface area contributed by atoms with E-state index in [2.05, 4.69) is 0 Å². The molecule has 2 unspecified atom stereocenters. The van der Waals surface area contributed by atoms with Crippen LogP contribution in [-0.4, -0.2) is 35.1 Å². The molecule has 1 N–H and O–H groups in total. The van der Waals surface area contributed by atoms with Crippen LogP contribution in [0.5, 0.6) is 0 Å². The van der Waals surface area contributed by atoms with Gasteiger partial charge in [-0.05, 0) is 23.8 Å². The molecule has 1 aliphatic heterocycles. The second-order valence-electron chi connectivity index (χ2n) is 4.43. The third-order valence-electron chi connectivity index (χ3n) is 3.12. The van der Waals surface area contributed by atoms with Crippen molar-refractivity contribution in [1.29, 1.82) is 0 Å². The maximum atomic E-state index is 12.0. The second-order valence-corrected chi connectivity index (χ2v) is 5.46. The molecule has 4 heteroatoms. The molecule has 3 nitrogen and oxygen atoms in total. The first-order valence-corrected chi connectivity index (χ1v) is 6.53. The van der Waals surface area contributed by atoms with E-state index < -0.39 is 0 Å². The van der Waals surface area contributed by atoms with E-state index in [-0.39, 0.29) is 17.9 Å². The Balaban J connectivity index is 1.90. The first-order valence-electron chi connectivity index (χ1n) is 5.65. The summed E-state index contributed by atoms with van der Waals surface area (Å²) in [5.41, 5.74) is 0. The normalized spacial score (nSPS) is 25.8. The van der Waals surface area contributed by atoms with Gasteiger partial charge in [0.15, 0.2) is 0 Å². The van der Waals surface area contributed by atoms with Crippen LogP contribution in [0.4, 0.5) is 0 Å². The summed E-state index contributed by atoms with van der Waals surface area (Å²) in [4.78, 5) is 15.0. The number of likely N-dealkylation sites (tertiary alicyclic amines) is 1. The molecule has 88 valence electrons. The minimum absolute atomic E-state index is 0.182. The van der Waals surface area contributed by atoms with Crippen molar-refractivity contribution in [2.45, 2.75) is 25.9 Å². The van der Waals surface area contributed by atoms with Crippen molar-refractivity contribution in [3.63, 3.8) is 0 Å². The van der Waals surface area contributed by atoms with Crippen molar-refractivity contribution in [2.75, 3.05) is 13.1 Å². The van der Waals surface area contributed by atoms with Crippen LogP contribution in [0.3, 0.4) is 0 Å². The monoisotopic (exact) mass is 239 g/mol. The number of rotatable bonds is 2. The molecule has 1 amide bonds. The Morgan fingerprint density at radius 2 is 2.50 bits per heavy atom. The average Bonchev–Trinajstić information content (AvgIpc) is 2.74. The van der Waals surface area contributed by atoms with Gasteiger partial charge in [-0.1, -0.05) is 13.0 Å². The lowest BCUT2D eigenvalue weighted by Crippen LogP contribution is -2.45. The Kier molecular flexibility index (Phi) is 3.61. The third-order valence-corrected chi connectivity index (χ3v) is 3.99. The van der Waals surface area contributed by atoms with E-state index in [9.17, 15) is 9.90 Å². The van der Waals surface area contributed by atoms with Gasteiger partial charge in [0.2, 0.25) is 5.91 Å². The summed E-state index contributed by atoms with van der Waals surface area (Å²) in [7, 11) is 0. The molecule has 0 aliphatic carbocycles. The Morgan fingerprint density at radius 3 is 3.12 bits per heavy atom. The highest BCUT2D eigenvalue weighted by Gasteiger charge is 2.26. The van der Waals surface area contributed by atoms with Crippen molar-refractivity contribution in [3.05, 3.63) is 22.4 Å². The number of nitrogens with zero attached hydrogens (tertiary/aromatic N) is 1. The Morgan fingerprint density at radius 1 is 1.69 bits per heavy atom. The zero-order valence-electron chi connectivity index (χ0n) is 9.43. The van der Waals surface area contributed by atoms with Crippen molar-refractivity contribution < 1.29 is 9.90 Å². The molecule has 1 saturated heterocycles. The number of thiophene rings is 1. The van der Waals surface area contributed by atoms with Gasteiger partial charge in [0.1, 0.15) is 0 Å². The summed E-state index contributed by atoms with van der Waals surface area (Å²) in [6.45, 7) is 3.37. The highest BCUT2D eigenvalue weighted by atomic mass is 32.1. The van der Waals surface area contributed by atoms with Crippen LogP contribution in [-0.2, 0) is 11.2 Å². The number of carbonyl (C=O) groups is 1. The van der Waals surface area contributed by atoms with E-state index in [1.807, 2.05) is 29.3 Å². The van der Waals surface area contributed by atoms with Crippen LogP contribution >= 0.6 is 11.3 Å². The van der Waals surface area contributed by atoms with Crippen LogP contribution in [0.25, 0.3) is 0 Å². The molecule has 1 aliphatic rings. The summed E-state index contributed by atoms with van der Waals surface area (Å²) < 4.78 is 0. The molecule has 2 heterocycles. The molecule has 0 radical (unpaired) electrons. The highest BCUT2D eigenvalue weighted by molar-refractivity contribution is 7.10. The number of hydrogen-bond donors (Lipinski definition) is 1.